The maximum Gasteiger partial charge on any atom is 0.303 e. The third kappa shape index (κ3) is 13.4. The normalized spacial score (nSPS) is 12.6. The van der Waals surface area contributed by atoms with Crippen LogP contribution in [-0.2, 0) is 4.79 Å². The van der Waals surface area contributed by atoms with E-state index in [-0.39, 0.29) is 0 Å². The summed E-state index contributed by atoms with van der Waals surface area (Å²) in [5.41, 5.74) is 0. The molecular formula is C15H30O2. The maximum atomic E-state index is 10.3. The third-order valence-corrected chi connectivity index (χ3v) is 3.39. The van der Waals surface area contributed by atoms with E-state index >= 15 is 0 Å². The number of unbranched alkanes of at least 4 members (excludes halogenated alkanes) is 6. The minimum absolute atomic E-state index is 0.340. The van der Waals surface area contributed by atoms with Crippen molar-refractivity contribution in [2.45, 2.75) is 84.5 Å². The summed E-state index contributed by atoms with van der Waals surface area (Å²) in [6.07, 6.45) is 12.9. The molecule has 102 valence electrons. The Morgan fingerprint density at radius 2 is 1.47 bits per heavy atom. The quantitative estimate of drug-likeness (QED) is 0.488. The fraction of sp³-hybridized carbons (Fsp3) is 0.933. The molecular weight excluding hydrogens is 212 g/mol. The number of aliphatic carboxylic acids is 1. The van der Waals surface area contributed by atoms with E-state index in [1.807, 2.05) is 0 Å². The molecule has 0 bridgehead atoms. The molecule has 1 unspecified atom stereocenters. The molecule has 0 radical (unpaired) electrons. The van der Waals surface area contributed by atoms with E-state index in [0.29, 0.717) is 6.42 Å². The summed E-state index contributed by atoms with van der Waals surface area (Å²) in [7, 11) is 0. The molecule has 2 heteroatoms. The number of carboxylic acid groups (broad SMARTS) is 1. The first kappa shape index (κ1) is 16.5. The number of hydrogen-bond acceptors (Lipinski definition) is 1. The van der Waals surface area contributed by atoms with Crippen LogP contribution in [0.1, 0.15) is 84.5 Å². The molecule has 0 amide bonds. The maximum absolute atomic E-state index is 10.3. The number of rotatable bonds is 12. The van der Waals surface area contributed by atoms with Gasteiger partial charge in [0.25, 0.3) is 0 Å². The predicted octanol–water partition coefficient (Wildman–Crippen LogP) is 5.02. The summed E-state index contributed by atoms with van der Waals surface area (Å²) in [6, 6.07) is 0. The fourth-order valence-electron chi connectivity index (χ4n) is 2.19. The highest BCUT2D eigenvalue weighted by Gasteiger charge is 2.02. The topological polar surface area (TPSA) is 37.3 Å². The Bertz CT molecular complexity index is 178. The predicted molar refractivity (Wildman–Crippen MR) is 73.3 cm³/mol. The van der Waals surface area contributed by atoms with E-state index in [0.717, 1.165) is 18.8 Å². The van der Waals surface area contributed by atoms with Crippen LogP contribution in [0, 0.1) is 5.92 Å². The summed E-state index contributed by atoms with van der Waals surface area (Å²) in [6.45, 7) is 4.60. The SMILES string of the molecule is CCCCCCC(C)CCCCCCC(=O)O. The van der Waals surface area contributed by atoms with Crippen molar-refractivity contribution >= 4 is 5.97 Å². The van der Waals surface area contributed by atoms with Gasteiger partial charge in [0.2, 0.25) is 0 Å². The van der Waals surface area contributed by atoms with Gasteiger partial charge in [-0.15, -0.1) is 0 Å². The van der Waals surface area contributed by atoms with Gasteiger partial charge in [0.1, 0.15) is 0 Å². The first-order valence-corrected chi connectivity index (χ1v) is 7.38. The lowest BCUT2D eigenvalue weighted by atomic mass is 9.96. The smallest absolute Gasteiger partial charge is 0.303 e. The van der Waals surface area contributed by atoms with Crippen LogP contribution in [0.15, 0.2) is 0 Å². The molecule has 0 rings (SSSR count). The van der Waals surface area contributed by atoms with Gasteiger partial charge in [-0.2, -0.15) is 0 Å². The van der Waals surface area contributed by atoms with E-state index in [9.17, 15) is 4.79 Å². The highest BCUT2D eigenvalue weighted by atomic mass is 16.4. The van der Waals surface area contributed by atoms with Crippen molar-refractivity contribution in [1.29, 1.82) is 0 Å². The minimum Gasteiger partial charge on any atom is -0.481 e. The lowest BCUT2D eigenvalue weighted by molar-refractivity contribution is -0.137. The first-order chi connectivity index (χ1) is 8.16. The Kier molecular flexibility index (Phi) is 11.6. The number of carboxylic acids is 1. The minimum atomic E-state index is -0.658. The van der Waals surface area contributed by atoms with Crippen LogP contribution >= 0.6 is 0 Å². The van der Waals surface area contributed by atoms with Crippen molar-refractivity contribution in [3.63, 3.8) is 0 Å². The summed E-state index contributed by atoms with van der Waals surface area (Å²) in [5.74, 6) is 0.195. The van der Waals surface area contributed by atoms with E-state index < -0.39 is 5.97 Å². The zero-order valence-electron chi connectivity index (χ0n) is 11.7. The second kappa shape index (κ2) is 11.9. The molecule has 1 atom stereocenters. The van der Waals surface area contributed by atoms with Crippen molar-refractivity contribution in [1.82, 2.24) is 0 Å². The third-order valence-electron chi connectivity index (χ3n) is 3.39. The second-order valence-corrected chi connectivity index (χ2v) is 5.30. The molecule has 0 saturated heterocycles. The fourth-order valence-corrected chi connectivity index (χ4v) is 2.19. The van der Waals surface area contributed by atoms with Crippen LogP contribution in [0.4, 0.5) is 0 Å². The van der Waals surface area contributed by atoms with E-state index in [1.165, 1.54) is 51.4 Å². The van der Waals surface area contributed by atoms with Gasteiger partial charge in [0.15, 0.2) is 0 Å². The summed E-state index contributed by atoms with van der Waals surface area (Å²) >= 11 is 0. The van der Waals surface area contributed by atoms with Crippen molar-refractivity contribution in [3.05, 3.63) is 0 Å². The molecule has 0 aromatic carbocycles. The molecule has 17 heavy (non-hydrogen) atoms. The van der Waals surface area contributed by atoms with Crippen LogP contribution < -0.4 is 0 Å². The molecule has 0 aliphatic carbocycles. The van der Waals surface area contributed by atoms with Crippen LogP contribution in [-0.4, -0.2) is 11.1 Å². The molecule has 0 aliphatic rings. The zero-order valence-corrected chi connectivity index (χ0v) is 11.7. The highest BCUT2D eigenvalue weighted by Crippen LogP contribution is 2.17. The summed E-state index contributed by atoms with van der Waals surface area (Å²) < 4.78 is 0. The summed E-state index contributed by atoms with van der Waals surface area (Å²) in [4.78, 5) is 10.3. The van der Waals surface area contributed by atoms with Crippen LogP contribution in [0.25, 0.3) is 0 Å². The average molecular weight is 242 g/mol. The standard InChI is InChI=1S/C15H30O2/c1-3-4-5-8-11-14(2)12-9-6-7-10-13-15(16)17/h14H,3-13H2,1-2H3,(H,16,17). The Hall–Kier alpha value is -0.530. The Morgan fingerprint density at radius 1 is 0.941 bits per heavy atom. The molecule has 0 heterocycles. The van der Waals surface area contributed by atoms with Gasteiger partial charge in [0, 0.05) is 6.42 Å². The molecule has 0 saturated carbocycles. The average Bonchev–Trinajstić information content (AvgIpc) is 2.29. The van der Waals surface area contributed by atoms with Gasteiger partial charge in [-0.3, -0.25) is 4.79 Å². The van der Waals surface area contributed by atoms with E-state index in [2.05, 4.69) is 13.8 Å². The van der Waals surface area contributed by atoms with E-state index in [1.54, 1.807) is 0 Å². The molecule has 0 aromatic rings. The van der Waals surface area contributed by atoms with Crippen molar-refractivity contribution in [2.75, 3.05) is 0 Å². The Morgan fingerprint density at radius 3 is 2.00 bits per heavy atom. The van der Waals surface area contributed by atoms with Crippen molar-refractivity contribution < 1.29 is 9.90 Å². The van der Waals surface area contributed by atoms with Gasteiger partial charge in [-0.1, -0.05) is 71.6 Å². The molecule has 2 nitrogen and oxygen atoms in total. The molecule has 0 aromatic heterocycles. The van der Waals surface area contributed by atoms with Gasteiger partial charge >= 0.3 is 5.97 Å². The molecule has 0 aliphatic heterocycles. The largest absolute Gasteiger partial charge is 0.481 e. The Balaban J connectivity index is 3.16. The first-order valence-electron chi connectivity index (χ1n) is 7.38. The Labute approximate surface area is 107 Å². The molecule has 0 fully saturated rings. The van der Waals surface area contributed by atoms with Crippen molar-refractivity contribution in [3.8, 4) is 0 Å². The number of hydrogen-bond donors (Lipinski definition) is 1. The van der Waals surface area contributed by atoms with Crippen LogP contribution in [0.5, 0.6) is 0 Å². The number of carbonyl (C=O) groups is 1. The summed E-state index contributed by atoms with van der Waals surface area (Å²) in [5, 5.41) is 8.50. The zero-order chi connectivity index (χ0) is 12.9. The van der Waals surface area contributed by atoms with Crippen LogP contribution in [0.2, 0.25) is 0 Å². The van der Waals surface area contributed by atoms with Crippen LogP contribution in [0.3, 0.4) is 0 Å². The van der Waals surface area contributed by atoms with Gasteiger partial charge in [0.05, 0.1) is 0 Å². The lowest BCUT2D eigenvalue weighted by Crippen LogP contribution is -1.96. The second-order valence-electron chi connectivity index (χ2n) is 5.30. The highest BCUT2D eigenvalue weighted by molar-refractivity contribution is 5.66. The van der Waals surface area contributed by atoms with E-state index in [4.69, 9.17) is 5.11 Å². The van der Waals surface area contributed by atoms with Gasteiger partial charge in [-0.25, -0.2) is 0 Å². The monoisotopic (exact) mass is 242 g/mol. The lowest BCUT2D eigenvalue weighted by Gasteiger charge is -2.10. The molecule has 0 spiro atoms. The van der Waals surface area contributed by atoms with Crippen molar-refractivity contribution in [2.24, 2.45) is 5.92 Å². The van der Waals surface area contributed by atoms with Gasteiger partial charge in [-0.05, 0) is 12.3 Å². The van der Waals surface area contributed by atoms with Gasteiger partial charge < -0.3 is 5.11 Å². The molecule has 1 N–H and O–H groups in total.